The lowest BCUT2D eigenvalue weighted by atomic mass is 10.0. The number of thioether (sulfide) groups is 2. The number of carbonyl (C=O) groups excluding carboxylic acids is 2. The number of fused-ring (bicyclic) bond motifs is 1. The van der Waals surface area contributed by atoms with E-state index in [2.05, 4.69) is 26.2 Å². The summed E-state index contributed by atoms with van der Waals surface area (Å²) < 4.78 is 1.57. The SMILES string of the molecule is Cn1c(C(=O)NC[C@H](O)[C@@H](O)[C@H](O)[C@H](O)CO)cnc1SCc1cc(Cl)c(CN2CSCC2C(=O)N2CCN(C3CC3)c3ccccc32)cc1Cl. The number of nitrogens with zero attached hydrogens (tertiary/aromatic N) is 5. The topological polar surface area (TPSA) is 175 Å². The fourth-order valence-corrected chi connectivity index (χ4v) is 9.06. The minimum atomic E-state index is -1.79. The Balaban J connectivity index is 1.05. The molecule has 2 aliphatic heterocycles. The number of nitrogens with one attached hydrogen (secondary N) is 1. The van der Waals surface area contributed by atoms with Gasteiger partial charge in [-0.2, -0.15) is 0 Å². The summed E-state index contributed by atoms with van der Waals surface area (Å²) in [5, 5.41) is 52.4. The second kappa shape index (κ2) is 16.6. The maximum absolute atomic E-state index is 14.0. The van der Waals surface area contributed by atoms with E-state index >= 15 is 0 Å². The first-order chi connectivity index (χ1) is 24.5. The summed E-state index contributed by atoms with van der Waals surface area (Å²) in [5.74, 6) is 1.34. The Morgan fingerprint density at radius 2 is 1.71 bits per heavy atom. The zero-order valence-corrected chi connectivity index (χ0v) is 31.1. The van der Waals surface area contributed by atoms with Crippen LogP contribution in [0.1, 0.15) is 34.5 Å². The van der Waals surface area contributed by atoms with E-state index in [1.165, 1.54) is 30.8 Å². The van der Waals surface area contributed by atoms with Crippen molar-refractivity contribution in [3.8, 4) is 0 Å². The van der Waals surface area contributed by atoms with Crippen molar-refractivity contribution < 1.29 is 35.1 Å². The Labute approximate surface area is 314 Å². The summed E-state index contributed by atoms with van der Waals surface area (Å²) in [4.78, 5) is 37.7. The maximum atomic E-state index is 14.0. The number of amides is 2. The van der Waals surface area contributed by atoms with Gasteiger partial charge in [-0.1, -0.05) is 47.1 Å². The predicted octanol–water partition coefficient (Wildman–Crippen LogP) is 2.08. The van der Waals surface area contributed by atoms with Crippen LogP contribution in [0.25, 0.3) is 0 Å². The molecule has 0 radical (unpaired) electrons. The Bertz CT molecular complexity index is 1730. The Morgan fingerprint density at radius 1 is 1.02 bits per heavy atom. The van der Waals surface area contributed by atoms with Gasteiger partial charge in [-0.05, 0) is 48.2 Å². The molecule has 3 heterocycles. The van der Waals surface area contributed by atoms with Crippen molar-refractivity contribution in [3.05, 3.63) is 69.5 Å². The van der Waals surface area contributed by atoms with Gasteiger partial charge in [0, 0.05) is 66.7 Å². The van der Waals surface area contributed by atoms with Crippen molar-refractivity contribution in [2.45, 2.75) is 66.8 Å². The number of carbonyl (C=O) groups is 2. The van der Waals surface area contributed by atoms with Gasteiger partial charge in [0.05, 0.1) is 36.3 Å². The van der Waals surface area contributed by atoms with E-state index in [0.29, 0.717) is 51.7 Å². The molecule has 2 fully saturated rings. The van der Waals surface area contributed by atoms with Crippen LogP contribution in [-0.4, -0.2) is 126 Å². The van der Waals surface area contributed by atoms with Gasteiger partial charge < -0.3 is 45.2 Å². The highest BCUT2D eigenvalue weighted by Crippen LogP contribution is 2.41. The third kappa shape index (κ3) is 8.48. The van der Waals surface area contributed by atoms with Crippen LogP contribution in [0.15, 0.2) is 47.8 Å². The van der Waals surface area contributed by atoms with E-state index in [1.54, 1.807) is 23.4 Å². The van der Waals surface area contributed by atoms with Gasteiger partial charge >= 0.3 is 0 Å². The average molecular weight is 782 g/mol. The van der Waals surface area contributed by atoms with Gasteiger partial charge in [-0.15, -0.1) is 11.8 Å². The number of anilines is 2. The van der Waals surface area contributed by atoms with E-state index < -0.39 is 43.5 Å². The number of aliphatic hydroxyl groups is 5. The fourth-order valence-electron chi connectivity index (χ4n) is 6.35. The molecule has 51 heavy (non-hydrogen) atoms. The van der Waals surface area contributed by atoms with E-state index in [9.17, 15) is 30.0 Å². The van der Waals surface area contributed by atoms with Gasteiger partial charge in [-0.25, -0.2) is 4.98 Å². The lowest BCUT2D eigenvalue weighted by molar-refractivity contribution is -0.122. The van der Waals surface area contributed by atoms with Crippen LogP contribution in [-0.2, 0) is 24.1 Å². The summed E-state index contributed by atoms with van der Waals surface area (Å²) >= 11 is 16.6. The van der Waals surface area contributed by atoms with Gasteiger partial charge in [0.2, 0.25) is 5.91 Å². The van der Waals surface area contributed by atoms with Crippen LogP contribution in [0.4, 0.5) is 11.4 Å². The molecule has 1 saturated heterocycles. The predicted molar refractivity (Wildman–Crippen MR) is 198 cm³/mol. The number of imidazole rings is 1. The molecule has 1 saturated carbocycles. The highest BCUT2D eigenvalue weighted by molar-refractivity contribution is 7.99. The molecule has 3 aromatic rings. The minimum absolute atomic E-state index is 0.103. The third-order valence-electron chi connectivity index (χ3n) is 9.48. The molecule has 0 bridgehead atoms. The highest BCUT2D eigenvalue weighted by Gasteiger charge is 2.40. The third-order valence-corrected chi connectivity index (χ3v) is 12.3. The quantitative estimate of drug-likeness (QED) is 0.132. The normalized spacial score (nSPS) is 20.2. The van der Waals surface area contributed by atoms with Crippen molar-refractivity contribution >= 4 is 69.9 Å². The molecule has 17 heteroatoms. The molecule has 3 aliphatic rings. The second-order valence-electron chi connectivity index (χ2n) is 13.0. The average Bonchev–Trinajstić information content (AvgIpc) is 3.77. The molecular formula is C34H42Cl2N6O7S2. The molecule has 5 atom stereocenters. The molecule has 276 valence electrons. The number of aliphatic hydroxyl groups excluding tert-OH is 5. The largest absolute Gasteiger partial charge is 0.394 e. The minimum Gasteiger partial charge on any atom is -0.394 e. The van der Waals surface area contributed by atoms with E-state index in [4.69, 9.17) is 28.3 Å². The van der Waals surface area contributed by atoms with Crippen LogP contribution in [0, 0.1) is 0 Å². The van der Waals surface area contributed by atoms with E-state index in [0.717, 1.165) is 29.0 Å². The first kappa shape index (κ1) is 38.2. The Kier molecular flexibility index (Phi) is 12.4. The first-order valence-electron chi connectivity index (χ1n) is 16.7. The molecule has 6 rings (SSSR count). The highest BCUT2D eigenvalue weighted by atomic mass is 35.5. The Morgan fingerprint density at radius 3 is 2.43 bits per heavy atom. The molecule has 0 spiro atoms. The van der Waals surface area contributed by atoms with Gasteiger partial charge in [0.25, 0.3) is 5.91 Å². The molecule has 2 amide bonds. The molecule has 2 aromatic carbocycles. The van der Waals surface area contributed by atoms with Crippen molar-refractivity contribution in [2.75, 3.05) is 47.7 Å². The van der Waals surface area contributed by atoms with Crippen molar-refractivity contribution in [1.82, 2.24) is 19.8 Å². The zero-order chi connectivity index (χ0) is 36.4. The first-order valence-corrected chi connectivity index (χ1v) is 19.6. The number of halogens is 2. The van der Waals surface area contributed by atoms with Crippen molar-refractivity contribution in [1.29, 1.82) is 0 Å². The number of aromatic nitrogens is 2. The van der Waals surface area contributed by atoms with Crippen LogP contribution >= 0.6 is 46.7 Å². The molecular weight excluding hydrogens is 739 g/mol. The van der Waals surface area contributed by atoms with E-state index in [-0.39, 0.29) is 17.6 Å². The monoisotopic (exact) mass is 780 g/mol. The van der Waals surface area contributed by atoms with Crippen LogP contribution in [0.3, 0.4) is 0 Å². The Hall–Kier alpha value is -2.57. The van der Waals surface area contributed by atoms with Crippen LogP contribution in [0.5, 0.6) is 0 Å². The lowest BCUT2D eigenvalue weighted by Gasteiger charge is -2.39. The van der Waals surface area contributed by atoms with Gasteiger partial charge in [0.1, 0.15) is 24.0 Å². The van der Waals surface area contributed by atoms with Crippen molar-refractivity contribution in [3.63, 3.8) is 0 Å². The van der Waals surface area contributed by atoms with Gasteiger partial charge in [0.15, 0.2) is 5.16 Å². The fraction of sp³-hybridized carbons (Fsp3) is 0.500. The number of para-hydroxylation sites is 2. The van der Waals surface area contributed by atoms with E-state index in [1.807, 2.05) is 35.2 Å². The van der Waals surface area contributed by atoms with Crippen LogP contribution in [0.2, 0.25) is 10.0 Å². The lowest BCUT2D eigenvalue weighted by Crippen LogP contribution is -2.52. The summed E-state index contributed by atoms with van der Waals surface area (Å²) in [7, 11) is 1.66. The molecule has 6 N–H and O–H groups in total. The number of hydrogen-bond acceptors (Lipinski definition) is 12. The molecule has 13 nitrogen and oxygen atoms in total. The second-order valence-corrected chi connectivity index (χ2v) is 15.7. The standard InChI is InChI=1S/C34H42Cl2N6O7S2/c1-39-26(32(48)37-13-28(44)30(46)31(47)29(45)15-43)12-38-34(39)51-16-20-11-22(35)19(10-23(20)36)14-40-18-50-17-27(40)33(49)42-9-8-41(21-6-7-21)24-4-2-3-5-25(24)42/h2-5,10-12,21,27-31,43-47H,6-9,13-18H2,1H3,(H,37,48)/t27?,28-,29+,30+,31+/m0/s1. The maximum Gasteiger partial charge on any atom is 0.269 e. The smallest absolute Gasteiger partial charge is 0.269 e. The molecule has 1 aromatic heterocycles. The molecule has 1 unspecified atom stereocenters. The van der Waals surface area contributed by atoms with Crippen LogP contribution < -0.4 is 15.1 Å². The zero-order valence-electron chi connectivity index (χ0n) is 27.9. The summed E-state index contributed by atoms with van der Waals surface area (Å²) in [6.45, 7) is 0.756. The van der Waals surface area contributed by atoms with Gasteiger partial charge in [-0.3, -0.25) is 14.5 Å². The number of hydrogen-bond donors (Lipinski definition) is 6. The summed E-state index contributed by atoms with van der Waals surface area (Å²) in [6.07, 6.45) is -3.04. The summed E-state index contributed by atoms with van der Waals surface area (Å²) in [5.41, 5.74) is 3.91. The number of benzene rings is 2. The number of rotatable bonds is 14. The van der Waals surface area contributed by atoms with Crippen molar-refractivity contribution in [2.24, 2.45) is 7.05 Å². The molecule has 1 aliphatic carbocycles. The summed E-state index contributed by atoms with van der Waals surface area (Å²) in [6, 6.07) is 12.2.